The zero-order valence-corrected chi connectivity index (χ0v) is 14.8. The second-order valence-corrected chi connectivity index (χ2v) is 6.27. The third-order valence-electron chi connectivity index (χ3n) is 4.08. The average molecular weight is 346 g/mol. The molecule has 2 unspecified atom stereocenters. The normalized spacial score (nSPS) is 18.5. The molecule has 2 aromatic rings. The minimum Gasteiger partial charge on any atom is -0.447 e. The Kier molecular flexibility index (Phi) is 4.82. The van der Waals surface area contributed by atoms with Gasteiger partial charge in [0.2, 0.25) is 11.8 Å². The lowest BCUT2D eigenvalue weighted by atomic mass is 10.0. The first-order valence-electron chi connectivity index (χ1n) is 8.37. The maximum Gasteiger partial charge on any atom is 0.415 e. The molecule has 1 amide bonds. The van der Waals surface area contributed by atoms with Gasteiger partial charge in [-0.05, 0) is 18.9 Å². The lowest BCUT2D eigenvalue weighted by molar-refractivity contribution is 0.177. The summed E-state index contributed by atoms with van der Waals surface area (Å²) in [7, 11) is 0. The highest BCUT2D eigenvalue weighted by Crippen LogP contribution is 2.26. The maximum atomic E-state index is 12.1. The summed E-state index contributed by atoms with van der Waals surface area (Å²) in [5.74, 6) is 2.25. The van der Waals surface area contributed by atoms with E-state index in [0.717, 1.165) is 0 Å². The molecule has 9 nitrogen and oxygen atoms in total. The molecule has 0 bridgehead atoms. The van der Waals surface area contributed by atoms with Crippen LogP contribution in [0.15, 0.2) is 16.8 Å². The van der Waals surface area contributed by atoms with Crippen LogP contribution in [0.3, 0.4) is 0 Å². The number of anilines is 2. The Morgan fingerprint density at radius 3 is 2.84 bits per heavy atom. The lowest BCUT2D eigenvalue weighted by Gasteiger charge is -2.23. The van der Waals surface area contributed by atoms with Crippen molar-refractivity contribution < 1.29 is 14.1 Å². The first kappa shape index (κ1) is 17.1. The van der Waals surface area contributed by atoms with Crippen molar-refractivity contribution in [1.29, 1.82) is 0 Å². The molecule has 9 heteroatoms. The average Bonchev–Trinajstić information content (AvgIpc) is 3.21. The fraction of sp³-hybridized carbons (Fsp3) is 0.562. The number of amides is 1. The number of hydrogen-bond donors (Lipinski definition) is 1. The maximum absolute atomic E-state index is 12.1. The summed E-state index contributed by atoms with van der Waals surface area (Å²) in [5.41, 5.74) is 0. The van der Waals surface area contributed by atoms with Crippen LogP contribution < -0.4 is 10.2 Å². The van der Waals surface area contributed by atoms with Gasteiger partial charge in [0.05, 0.1) is 6.04 Å². The summed E-state index contributed by atoms with van der Waals surface area (Å²) < 4.78 is 10.4. The fourth-order valence-corrected chi connectivity index (χ4v) is 2.59. The van der Waals surface area contributed by atoms with Gasteiger partial charge in [0.25, 0.3) is 0 Å². The number of nitrogens with zero attached hydrogens (tertiary/aromatic N) is 5. The van der Waals surface area contributed by atoms with Crippen molar-refractivity contribution in [1.82, 2.24) is 20.1 Å². The van der Waals surface area contributed by atoms with Gasteiger partial charge in [-0.25, -0.2) is 9.78 Å². The fourth-order valence-electron chi connectivity index (χ4n) is 2.59. The Balaban J connectivity index is 1.78. The van der Waals surface area contributed by atoms with Gasteiger partial charge < -0.3 is 14.6 Å². The molecule has 25 heavy (non-hydrogen) atoms. The summed E-state index contributed by atoms with van der Waals surface area (Å²) in [6.07, 6.45) is 1.92. The van der Waals surface area contributed by atoms with Gasteiger partial charge in [0.15, 0.2) is 5.82 Å². The number of aromatic nitrogens is 4. The number of hydrogen-bond acceptors (Lipinski definition) is 8. The van der Waals surface area contributed by atoms with Crippen LogP contribution in [0.4, 0.5) is 16.6 Å². The van der Waals surface area contributed by atoms with Crippen LogP contribution in [0.25, 0.3) is 0 Å². The zero-order chi connectivity index (χ0) is 18.0. The van der Waals surface area contributed by atoms with E-state index in [1.807, 2.05) is 27.7 Å². The summed E-state index contributed by atoms with van der Waals surface area (Å²) in [4.78, 5) is 26.6. The Hall–Kier alpha value is -2.71. The standard InChI is InChI=1S/C16H22N6O3/c1-5-12-19-14(25-21-12)10(4)18-15-17-7-6-13(20-15)22-11(9(2)3)8-24-16(22)23/h6-7,9-11H,5,8H2,1-4H3,(H,17,18,20). The highest BCUT2D eigenvalue weighted by Gasteiger charge is 2.37. The predicted molar refractivity (Wildman–Crippen MR) is 90.2 cm³/mol. The van der Waals surface area contributed by atoms with Crippen molar-refractivity contribution in [2.75, 3.05) is 16.8 Å². The number of rotatable bonds is 6. The van der Waals surface area contributed by atoms with E-state index in [9.17, 15) is 4.79 Å². The van der Waals surface area contributed by atoms with Gasteiger partial charge in [0, 0.05) is 12.6 Å². The molecule has 2 atom stereocenters. The summed E-state index contributed by atoms with van der Waals surface area (Å²) in [5, 5.41) is 7.00. The van der Waals surface area contributed by atoms with Crippen LogP contribution in [0.5, 0.6) is 0 Å². The van der Waals surface area contributed by atoms with Gasteiger partial charge in [-0.1, -0.05) is 25.9 Å². The number of ether oxygens (including phenoxy) is 1. The summed E-state index contributed by atoms with van der Waals surface area (Å²) in [6, 6.07) is 1.39. The SMILES string of the molecule is CCc1noc(C(C)Nc2nccc(N3C(=O)OCC3C(C)C)n2)n1. The third-order valence-corrected chi connectivity index (χ3v) is 4.08. The molecule has 0 spiro atoms. The van der Waals surface area contributed by atoms with Crippen LogP contribution in [0.2, 0.25) is 0 Å². The quantitative estimate of drug-likeness (QED) is 0.850. The minimum absolute atomic E-state index is 0.0456. The molecule has 1 N–H and O–H groups in total. The number of carbonyl (C=O) groups excluding carboxylic acids is 1. The number of cyclic esters (lactones) is 1. The smallest absolute Gasteiger partial charge is 0.415 e. The molecule has 3 rings (SSSR count). The molecule has 2 aromatic heterocycles. The van der Waals surface area contributed by atoms with Gasteiger partial charge in [0.1, 0.15) is 18.5 Å². The van der Waals surface area contributed by atoms with Gasteiger partial charge >= 0.3 is 6.09 Å². The minimum atomic E-state index is -0.388. The van der Waals surface area contributed by atoms with Gasteiger partial charge in [-0.2, -0.15) is 9.97 Å². The van der Waals surface area contributed by atoms with E-state index in [2.05, 4.69) is 25.4 Å². The van der Waals surface area contributed by atoms with Crippen molar-refractivity contribution in [2.24, 2.45) is 5.92 Å². The van der Waals surface area contributed by atoms with E-state index in [-0.39, 0.29) is 24.1 Å². The Labute approximate surface area is 145 Å². The third kappa shape index (κ3) is 3.54. The van der Waals surface area contributed by atoms with Gasteiger partial charge in [-0.3, -0.25) is 4.90 Å². The molecule has 1 aliphatic rings. The molecule has 1 aliphatic heterocycles. The number of nitrogens with one attached hydrogen (secondary N) is 1. The summed E-state index contributed by atoms with van der Waals surface area (Å²) in [6.45, 7) is 8.29. The first-order chi connectivity index (χ1) is 12.0. The highest BCUT2D eigenvalue weighted by molar-refractivity contribution is 5.89. The van der Waals surface area contributed by atoms with Gasteiger partial charge in [-0.15, -0.1) is 0 Å². The van der Waals surface area contributed by atoms with Crippen LogP contribution in [-0.4, -0.2) is 38.9 Å². The van der Waals surface area contributed by atoms with E-state index in [4.69, 9.17) is 9.26 Å². The Morgan fingerprint density at radius 2 is 2.16 bits per heavy atom. The summed E-state index contributed by atoms with van der Waals surface area (Å²) >= 11 is 0. The Bertz CT molecular complexity index is 747. The van der Waals surface area contributed by atoms with Crippen molar-refractivity contribution in [3.05, 3.63) is 24.0 Å². The lowest BCUT2D eigenvalue weighted by Crippen LogP contribution is -2.37. The predicted octanol–water partition coefficient (Wildman–Crippen LogP) is 2.58. The largest absolute Gasteiger partial charge is 0.447 e. The van der Waals surface area contributed by atoms with Crippen molar-refractivity contribution in [2.45, 2.75) is 46.2 Å². The van der Waals surface area contributed by atoms with Crippen LogP contribution >= 0.6 is 0 Å². The highest BCUT2D eigenvalue weighted by atomic mass is 16.6. The van der Waals surface area contributed by atoms with E-state index in [1.165, 1.54) is 0 Å². The molecule has 0 saturated carbocycles. The molecule has 1 saturated heterocycles. The Morgan fingerprint density at radius 1 is 1.36 bits per heavy atom. The van der Waals surface area contributed by atoms with Crippen molar-refractivity contribution >= 4 is 17.9 Å². The molecule has 3 heterocycles. The van der Waals surface area contributed by atoms with E-state index in [1.54, 1.807) is 17.2 Å². The zero-order valence-electron chi connectivity index (χ0n) is 14.8. The number of carbonyl (C=O) groups is 1. The monoisotopic (exact) mass is 346 g/mol. The molecular formula is C16H22N6O3. The van der Waals surface area contributed by atoms with E-state index < -0.39 is 0 Å². The van der Waals surface area contributed by atoms with E-state index in [0.29, 0.717) is 36.5 Å². The molecular weight excluding hydrogens is 324 g/mol. The van der Waals surface area contributed by atoms with Crippen molar-refractivity contribution in [3.63, 3.8) is 0 Å². The molecule has 1 fully saturated rings. The van der Waals surface area contributed by atoms with Crippen LogP contribution in [0.1, 0.15) is 45.5 Å². The van der Waals surface area contributed by atoms with E-state index >= 15 is 0 Å². The molecule has 134 valence electrons. The second kappa shape index (κ2) is 7.04. The van der Waals surface area contributed by atoms with Crippen molar-refractivity contribution in [3.8, 4) is 0 Å². The molecule has 0 radical (unpaired) electrons. The molecule has 0 aromatic carbocycles. The number of aryl methyl sites for hydroxylation is 1. The first-order valence-corrected chi connectivity index (χ1v) is 8.37. The molecule has 0 aliphatic carbocycles. The van der Waals surface area contributed by atoms with Crippen LogP contribution in [-0.2, 0) is 11.2 Å². The topological polar surface area (TPSA) is 106 Å². The van der Waals surface area contributed by atoms with Crippen LogP contribution in [0, 0.1) is 5.92 Å². The second-order valence-electron chi connectivity index (χ2n) is 6.27.